The van der Waals surface area contributed by atoms with Gasteiger partial charge in [-0.2, -0.15) is 0 Å². The van der Waals surface area contributed by atoms with Crippen LogP contribution in [-0.2, 0) is 11.3 Å². The summed E-state index contributed by atoms with van der Waals surface area (Å²) < 4.78 is 0. The number of pyridine rings is 1. The summed E-state index contributed by atoms with van der Waals surface area (Å²) in [6, 6.07) is 4.12. The van der Waals surface area contributed by atoms with E-state index in [0.29, 0.717) is 19.6 Å². The fourth-order valence-electron chi connectivity index (χ4n) is 2.61. The summed E-state index contributed by atoms with van der Waals surface area (Å²) in [4.78, 5) is 22.9. The monoisotopic (exact) mass is 360 g/mol. The quantitative estimate of drug-likeness (QED) is 0.335. The number of guanidine groups is 1. The minimum Gasteiger partial charge on any atom is -0.357 e. The number of carbonyl (C=O) groups excluding carboxylic acids is 1. The van der Waals surface area contributed by atoms with E-state index in [0.717, 1.165) is 49.8 Å². The third kappa shape index (κ3) is 6.54. The molecule has 0 spiro atoms. The van der Waals surface area contributed by atoms with Crippen LogP contribution in [0.1, 0.15) is 39.2 Å². The van der Waals surface area contributed by atoms with Gasteiger partial charge in [0.25, 0.3) is 0 Å². The maximum Gasteiger partial charge on any atom is 0.223 e. The molecule has 1 amide bonds. The van der Waals surface area contributed by atoms with Crippen molar-refractivity contribution in [3.8, 4) is 0 Å². The van der Waals surface area contributed by atoms with Crippen molar-refractivity contribution in [1.29, 1.82) is 0 Å². The first kappa shape index (κ1) is 20.0. The number of nitrogens with zero attached hydrogens (tertiary/aromatic N) is 3. The third-order valence-corrected chi connectivity index (χ3v) is 4.33. The van der Waals surface area contributed by atoms with Crippen LogP contribution < -0.4 is 20.9 Å². The molecule has 0 aliphatic heterocycles. The summed E-state index contributed by atoms with van der Waals surface area (Å²) in [5.74, 6) is 2.18. The van der Waals surface area contributed by atoms with Crippen molar-refractivity contribution in [2.45, 2.75) is 40.2 Å². The van der Waals surface area contributed by atoms with Crippen LogP contribution in [-0.4, -0.2) is 49.6 Å². The molecule has 1 heterocycles. The summed E-state index contributed by atoms with van der Waals surface area (Å²) in [6.07, 6.45) is 3.95. The number of amides is 1. The number of hydrogen-bond acceptors (Lipinski definition) is 4. The molecule has 1 aromatic heterocycles. The molecule has 7 heteroatoms. The first-order valence-corrected chi connectivity index (χ1v) is 9.67. The molecule has 26 heavy (non-hydrogen) atoms. The second-order valence-electron chi connectivity index (χ2n) is 6.38. The normalized spacial score (nSPS) is 14.0. The second-order valence-corrected chi connectivity index (χ2v) is 6.38. The number of rotatable bonds is 10. The van der Waals surface area contributed by atoms with E-state index in [-0.39, 0.29) is 11.8 Å². The van der Waals surface area contributed by atoms with Gasteiger partial charge in [-0.15, -0.1) is 0 Å². The highest BCUT2D eigenvalue weighted by molar-refractivity contribution is 5.81. The minimum absolute atomic E-state index is 0.174. The van der Waals surface area contributed by atoms with Crippen LogP contribution in [0.4, 0.5) is 5.82 Å². The molecule has 1 saturated carbocycles. The van der Waals surface area contributed by atoms with Gasteiger partial charge in [0, 0.05) is 44.8 Å². The molecule has 1 aromatic rings. The summed E-state index contributed by atoms with van der Waals surface area (Å²) in [6.45, 7) is 10.8. The van der Waals surface area contributed by atoms with Crippen LogP contribution in [0.3, 0.4) is 0 Å². The molecular weight excluding hydrogens is 328 g/mol. The lowest BCUT2D eigenvalue weighted by atomic mass is 10.3. The van der Waals surface area contributed by atoms with Gasteiger partial charge < -0.3 is 20.9 Å². The Labute approximate surface area is 156 Å². The van der Waals surface area contributed by atoms with Crippen molar-refractivity contribution in [1.82, 2.24) is 20.9 Å². The number of anilines is 1. The molecule has 0 atom stereocenters. The van der Waals surface area contributed by atoms with E-state index < -0.39 is 0 Å². The number of aromatic nitrogens is 1. The van der Waals surface area contributed by atoms with Crippen LogP contribution in [0.15, 0.2) is 23.3 Å². The van der Waals surface area contributed by atoms with E-state index >= 15 is 0 Å². The lowest BCUT2D eigenvalue weighted by Crippen LogP contribution is -2.41. The Kier molecular flexibility index (Phi) is 8.18. The maximum absolute atomic E-state index is 11.6. The molecule has 1 aliphatic carbocycles. The highest BCUT2D eigenvalue weighted by Crippen LogP contribution is 2.28. The Hall–Kier alpha value is -2.31. The van der Waals surface area contributed by atoms with E-state index in [4.69, 9.17) is 0 Å². The van der Waals surface area contributed by atoms with Gasteiger partial charge in [0.05, 0.1) is 6.54 Å². The number of aliphatic imine (C=N–C) groups is 1. The number of carbonyl (C=O) groups is 1. The Morgan fingerprint density at radius 1 is 1.15 bits per heavy atom. The largest absolute Gasteiger partial charge is 0.357 e. The standard InChI is InChI=1S/C19H32N6O/c1-4-20-19(22-12-11-21-18(26)16-8-9-16)24-14-15-7-10-17(23-13-15)25(5-2)6-3/h7,10,13,16H,4-6,8-9,11-12,14H2,1-3H3,(H,21,26)(H2,20,22,24). The molecule has 0 bridgehead atoms. The van der Waals surface area contributed by atoms with Crippen LogP contribution in [0, 0.1) is 5.92 Å². The van der Waals surface area contributed by atoms with E-state index in [1.807, 2.05) is 19.2 Å². The zero-order chi connectivity index (χ0) is 18.8. The average Bonchev–Trinajstić information content (AvgIpc) is 3.50. The van der Waals surface area contributed by atoms with Crippen molar-refractivity contribution >= 4 is 17.7 Å². The third-order valence-electron chi connectivity index (χ3n) is 4.33. The predicted molar refractivity (Wildman–Crippen MR) is 106 cm³/mol. The smallest absolute Gasteiger partial charge is 0.223 e. The Bertz CT molecular complexity index is 578. The lowest BCUT2D eigenvalue weighted by Gasteiger charge is -2.19. The van der Waals surface area contributed by atoms with Gasteiger partial charge in [0.15, 0.2) is 5.96 Å². The van der Waals surface area contributed by atoms with Gasteiger partial charge in [-0.25, -0.2) is 9.98 Å². The average molecular weight is 361 g/mol. The highest BCUT2D eigenvalue weighted by atomic mass is 16.2. The van der Waals surface area contributed by atoms with E-state index in [2.05, 4.69) is 50.7 Å². The maximum atomic E-state index is 11.6. The van der Waals surface area contributed by atoms with Crippen molar-refractivity contribution in [2.75, 3.05) is 37.6 Å². The molecule has 0 saturated heterocycles. The topological polar surface area (TPSA) is 81.7 Å². The zero-order valence-electron chi connectivity index (χ0n) is 16.2. The molecule has 0 radical (unpaired) electrons. The molecular formula is C19H32N6O. The molecule has 0 unspecified atom stereocenters. The Morgan fingerprint density at radius 2 is 1.88 bits per heavy atom. The minimum atomic E-state index is 0.174. The van der Waals surface area contributed by atoms with E-state index in [1.165, 1.54) is 0 Å². The van der Waals surface area contributed by atoms with Crippen molar-refractivity contribution in [3.05, 3.63) is 23.9 Å². The molecule has 1 aliphatic rings. The molecule has 1 fully saturated rings. The molecule has 0 aromatic carbocycles. The van der Waals surface area contributed by atoms with Crippen molar-refractivity contribution in [3.63, 3.8) is 0 Å². The first-order valence-electron chi connectivity index (χ1n) is 9.67. The summed E-state index contributed by atoms with van der Waals surface area (Å²) >= 11 is 0. The van der Waals surface area contributed by atoms with E-state index in [1.54, 1.807) is 0 Å². The van der Waals surface area contributed by atoms with Crippen LogP contribution in [0.5, 0.6) is 0 Å². The van der Waals surface area contributed by atoms with Crippen molar-refractivity contribution < 1.29 is 4.79 Å². The van der Waals surface area contributed by atoms with Gasteiger partial charge in [-0.1, -0.05) is 6.07 Å². The van der Waals surface area contributed by atoms with Crippen LogP contribution >= 0.6 is 0 Å². The highest BCUT2D eigenvalue weighted by Gasteiger charge is 2.28. The molecule has 3 N–H and O–H groups in total. The van der Waals surface area contributed by atoms with Gasteiger partial charge in [0.2, 0.25) is 5.91 Å². The van der Waals surface area contributed by atoms with Crippen LogP contribution in [0.2, 0.25) is 0 Å². The SMILES string of the molecule is CCNC(=NCc1ccc(N(CC)CC)nc1)NCCNC(=O)C1CC1. The second kappa shape index (κ2) is 10.6. The van der Waals surface area contributed by atoms with Gasteiger partial charge in [-0.05, 0) is 45.2 Å². The molecule has 7 nitrogen and oxygen atoms in total. The Balaban J connectivity index is 1.80. The summed E-state index contributed by atoms with van der Waals surface area (Å²) in [7, 11) is 0. The summed E-state index contributed by atoms with van der Waals surface area (Å²) in [5, 5.41) is 9.42. The van der Waals surface area contributed by atoms with Crippen molar-refractivity contribution in [2.24, 2.45) is 10.9 Å². The van der Waals surface area contributed by atoms with E-state index in [9.17, 15) is 4.79 Å². The Morgan fingerprint density at radius 3 is 2.46 bits per heavy atom. The zero-order valence-corrected chi connectivity index (χ0v) is 16.2. The number of nitrogens with one attached hydrogen (secondary N) is 3. The van der Waals surface area contributed by atoms with Gasteiger partial charge in [-0.3, -0.25) is 4.79 Å². The molecule has 144 valence electrons. The lowest BCUT2D eigenvalue weighted by molar-refractivity contribution is -0.122. The molecule has 2 rings (SSSR count). The fraction of sp³-hybridized carbons (Fsp3) is 0.632. The van der Waals surface area contributed by atoms with Crippen LogP contribution in [0.25, 0.3) is 0 Å². The number of hydrogen-bond donors (Lipinski definition) is 3. The summed E-state index contributed by atoms with van der Waals surface area (Å²) in [5.41, 5.74) is 1.07. The predicted octanol–water partition coefficient (Wildman–Crippen LogP) is 1.51. The van der Waals surface area contributed by atoms with Gasteiger partial charge >= 0.3 is 0 Å². The first-order chi connectivity index (χ1) is 12.7. The van der Waals surface area contributed by atoms with Gasteiger partial charge in [0.1, 0.15) is 5.82 Å². The fourth-order valence-corrected chi connectivity index (χ4v) is 2.61.